The molecule has 39 heavy (non-hydrogen) atoms. The Bertz CT molecular complexity index is 1390. The van der Waals surface area contributed by atoms with Crippen LogP contribution in [0.3, 0.4) is 0 Å². The van der Waals surface area contributed by atoms with Gasteiger partial charge in [-0.15, -0.1) is 6.58 Å². The maximum atomic E-state index is 13.8. The van der Waals surface area contributed by atoms with Gasteiger partial charge in [0, 0.05) is 44.1 Å². The lowest BCUT2D eigenvalue weighted by Crippen LogP contribution is -2.68. The van der Waals surface area contributed by atoms with Crippen LogP contribution < -0.4 is 4.74 Å². The normalized spacial score (nSPS) is 24.9. The summed E-state index contributed by atoms with van der Waals surface area (Å²) in [6, 6.07) is 22.1. The minimum atomic E-state index is -0.713. The van der Waals surface area contributed by atoms with Crippen LogP contribution in [-0.4, -0.2) is 67.1 Å². The standard InChI is InChI=1S/C33H38N2O4/c1-5-18-35-19-17-32(28-11-8-12-30(21-28)38-4)22-29(15-16-33(32,23-35)39-24(2)36)34(3)31(37)27-14-13-25-9-6-7-10-26(25)20-27/h5-14,20-21,29H,1,15-19,22-23H2,2-4H3/t29-,32+,33+/m1/s1. The zero-order valence-corrected chi connectivity index (χ0v) is 23.2. The summed E-state index contributed by atoms with van der Waals surface area (Å²) in [5.74, 6) is 0.507. The zero-order valence-electron chi connectivity index (χ0n) is 23.2. The van der Waals surface area contributed by atoms with Crippen LogP contribution >= 0.6 is 0 Å². The van der Waals surface area contributed by atoms with Crippen molar-refractivity contribution in [3.05, 3.63) is 90.5 Å². The molecule has 3 aromatic carbocycles. The quantitative estimate of drug-likeness (QED) is 0.296. The van der Waals surface area contributed by atoms with Crippen LogP contribution in [0.5, 0.6) is 5.75 Å². The van der Waals surface area contributed by atoms with Gasteiger partial charge >= 0.3 is 5.97 Å². The van der Waals surface area contributed by atoms with Crippen LogP contribution in [0.4, 0.5) is 0 Å². The van der Waals surface area contributed by atoms with Gasteiger partial charge in [0.15, 0.2) is 0 Å². The van der Waals surface area contributed by atoms with Crippen LogP contribution in [0.15, 0.2) is 79.4 Å². The van der Waals surface area contributed by atoms with Crippen LogP contribution in [0.25, 0.3) is 10.8 Å². The van der Waals surface area contributed by atoms with Gasteiger partial charge in [-0.2, -0.15) is 0 Å². The number of nitrogens with zero attached hydrogens (tertiary/aromatic N) is 2. The minimum Gasteiger partial charge on any atom is -0.497 e. The molecule has 3 aromatic rings. The number of likely N-dealkylation sites (tertiary alicyclic amines) is 1. The first-order valence-corrected chi connectivity index (χ1v) is 13.7. The first-order chi connectivity index (χ1) is 18.8. The number of methoxy groups -OCH3 is 1. The van der Waals surface area contributed by atoms with Gasteiger partial charge in [0.1, 0.15) is 11.4 Å². The Morgan fingerprint density at radius 1 is 1.08 bits per heavy atom. The van der Waals surface area contributed by atoms with Crippen molar-refractivity contribution < 1.29 is 19.1 Å². The highest BCUT2D eigenvalue weighted by molar-refractivity contribution is 5.98. The van der Waals surface area contributed by atoms with E-state index in [1.54, 1.807) is 7.11 Å². The van der Waals surface area contributed by atoms with E-state index in [1.807, 2.05) is 66.6 Å². The average molecular weight is 527 g/mol. The van der Waals surface area contributed by atoms with Crippen molar-refractivity contribution >= 4 is 22.6 Å². The number of piperidine rings is 1. The Morgan fingerprint density at radius 2 is 1.87 bits per heavy atom. The zero-order chi connectivity index (χ0) is 27.6. The minimum absolute atomic E-state index is 0.00944. The molecule has 1 saturated carbocycles. The summed E-state index contributed by atoms with van der Waals surface area (Å²) in [4.78, 5) is 30.6. The summed E-state index contributed by atoms with van der Waals surface area (Å²) < 4.78 is 12.0. The van der Waals surface area contributed by atoms with Gasteiger partial charge in [-0.05, 0) is 72.8 Å². The predicted octanol–water partition coefficient (Wildman–Crippen LogP) is 5.60. The Kier molecular flexibility index (Phi) is 7.50. The Balaban J connectivity index is 1.53. The second-order valence-electron chi connectivity index (χ2n) is 11.1. The second-order valence-corrected chi connectivity index (χ2v) is 11.1. The Labute approximate surface area is 231 Å². The van der Waals surface area contributed by atoms with Crippen LogP contribution in [0.1, 0.15) is 48.5 Å². The summed E-state index contributed by atoms with van der Waals surface area (Å²) in [5, 5.41) is 2.17. The molecule has 0 aromatic heterocycles. The van der Waals surface area contributed by atoms with Gasteiger partial charge in [-0.1, -0.05) is 48.5 Å². The highest BCUT2D eigenvalue weighted by atomic mass is 16.6. The van der Waals surface area contributed by atoms with Gasteiger partial charge in [0.25, 0.3) is 5.91 Å². The van der Waals surface area contributed by atoms with Gasteiger partial charge in [0.2, 0.25) is 0 Å². The number of benzene rings is 3. The van der Waals surface area contributed by atoms with E-state index in [9.17, 15) is 9.59 Å². The molecule has 1 aliphatic carbocycles. The molecular weight excluding hydrogens is 488 g/mol. The molecule has 5 rings (SSSR count). The SMILES string of the molecule is C=CCN1CC[C@@]2(c3cccc(OC)c3)C[C@H](N(C)C(=O)c3ccc4ccccc4c3)CC[C@]2(OC(C)=O)C1. The average Bonchev–Trinajstić information content (AvgIpc) is 2.95. The van der Waals surface area contributed by atoms with E-state index in [1.165, 1.54) is 6.92 Å². The number of rotatable bonds is 7. The van der Waals surface area contributed by atoms with E-state index in [0.29, 0.717) is 24.9 Å². The molecule has 1 amide bonds. The van der Waals surface area contributed by atoms with Crippen molar-refractivity contribution in [2.75, 3.05) is 33.8 Å². The molecule has 1 aliphatic heterocycles. The Morgan fingerprint density at radius 3 is 2.62 bits per heavy atom. The number of esters is 1. The lowest BCUT2D eigenvalue weighted by Gasteiger charge is -2.60. The molecule has 6 heteroatoms. The Hall–Kier alpha value is -3.64. The summed E-state index contributed by atoms with van der Waals surface area (Å²) in [6.45, 7) is 7.65. The maximum absolute atomic E-state index is 13.8. The molecule has 0 N–H and O–H groups in total. The third kappa shape index (κ3) is 4.94. The fourth-order valence-corrected chi connectivity index (χ4v) is 6.94. The monoisotopic (exact) mass is 526 g/mol. The second kappa shape index (κ2) is 10.9. The number of ether oxygens (including phenoxy) is 2. The molecule has 0 radical (unpaired) electrons. The van der Waals surface area contributed by atoms with Gasteiger partial charge < -0.3 is 14.4 Å². The molecule has 2 aliphatic rings. The number of amides is 1. The first-order valence-electron chi connectivity index (χ1n) is 13.7. The summed E-state index contributed by atoms with van der Waals surface area (Å²) >= 11 is 0. The predicted molar refractivity (Wildman–Crippen MR) is 154 cm³/mol. The van der Waals surface area contributed by atoms with Crippen molar-refractivity contribution in [2.24, 2.45) is 0 Å². The molecule has 1 heterocycles. The van der Waals surface area contributed by atoms with Crippen molar-refractivity contribution in [2.45, 2.75) is 49.7 Å². The molecule has 3 atom stereocenters. The maximum Gasteiger partial charge on any atom is 0.303 e. The van der Waals surface area contributed by atoms with Gasteiger partial charge in [-0.3, -0.25) is 14.5 Å². The van der Waals surface area contributed by atoms with Crippen LogP contribution in [0, 0.1) is 0 Å². The fraction of sp³-hybridized carbons (Fsp3) is 0.394. The van der Waals surface area contributed by atoms with E-state index in [0.717, 1.165) is 48.0 Å². The van der Waals surface area contributed by atoms with E-state index < -0.39 is 11.0 Å². The lowest BCUT2D eigenvalue weighted by atomic mass is 9.55. The first kappa shape index (κ1) is 26.9. The topological polar surface area (TPSA) is 59.1 Å². The number of hydrogen-bond donors (Lipinski definition) is 0. The van der Waals surface area contributed by atoms with Crippen molar-refractivity contribution in [1.29, 1.82) is 0 Å². The van der Waals surface area contributed by atoms with E-state index in [2.05, 4.69) is 29.7 Å². The third-order valence-electron chi connectivity index (χ3n) is 8.88. The van der Waals surface area contributed by atoms with Crippen LogP contribution in [-0.2, 0) is 14.9 Å². The van der Waals surface area contributed by atoms with Crippen molar-refractivity contribution in [3.8, 4) is 5.75 Å². The van der Waals surface area contributed by atoms with Crippen molar-refractivity contribution in [3.63, 3.8) is 0 Å². The van der Waals surface area contributed by atoms with Crippen molar-refractivity contribution in [1.82, 2.24) is 9.80 Å². The van der Waals surface area contributed by atoms with Crippen LogP contribution in [0.2, 0.25) is 0 Å². The highest BCUT2D eigenvalue weighted by Crippen LogP contribution is 2.54. The smallest absolute Gasteiger partial charge is 0.303 e. The lowest BCUT2D eigenvalue weighted by molar-refractivity contribution is -0.188. The molecule has 1 saturated heterocycles. The van der Waals surface area contributed by atoms with E-state index >= 15 is 0 Å². The molecule has 0 bridgehead atoms. The molecule has 0 spiro atoms. The number of hydrogen-bond acceptors (Lipinski definition) is 5. The third-order valence-corrected chi connectivity index (χ3v) is 8.88. The highest BCUT2D eigenvalue weighted by Gasteiger charge is 2.61. The molecule has 204 valence electrons. The van der Waals surface area contributed by atoms with E-state index in [-0.39, 0.29) is 17.9 Å². The van der Waals surface area contributed by atoms with Gasteiger partial charge in [0.05, 0.1) is 7.11 Å². The molecule has 0 unspecified atom stereocenters. The number of fused-ring (bicyclic) bond motifs is 2. The molecule has 2 fully saturated rings. The largest absolute Gasteiger partial charge is 0.497 e. The number of carbonyl (C=O) groups excluding carboxylic acids is 2. The summed E-state index contributed by atoms with van der Waals surface area (Å²) in [7, 11) is 3.58. The summed E-state index contributed by atoms with van der Waals surface area (Å²) in [5.41, 5.74) is 0.600. The summed E-state index contributed by atoms with van der Waals surface area (Å²) in [6.07, 6.45) is 4.82. The van der Waals surface area contributed by atoms with E-state index in [4.69, 9.17) is 9.47 Å². The number of carbonyl (C=O) groups is 2. The molecular formula is C33H38N2O4. The molecule has 6 nitrogen and oxygen atoms in total. The fourth-order valence-electron chi connectivity index (χ4n) is 6.94. The van der Waals surface area contributed by atoms with Gasteiger partial charge in [-0.25, -0.2) is 0 Å².